The molecule has 0 aliphatic carbocycles. The first kappa shape index (κ1) is 15.4. The van der Waals surface area contributed by atoms with Crippen molar-refractivity contribution in [1.29, 1.82) is 0 Å². The smallest absolute Gasteiger partial charge is 0.172 e. The Morgan fingerprint density at radius 1 is 1.14 bits per heavy atom. The van der Waals surface area contributed by atoms with Crippen LogP contribution in [0, 0.1) is 11.8 Å². The molecule has 0 saturated carbocycles. The van der Waals surface area contributed by atoms with Gasteiger partial charge in [-0.1, -0.05) is 30.4 Å². The topological polar surface area (TPSA) is 55.0 Å². The maximum absolute atomic E-state index is 6.26. The van der Waals surface area contributed by atoms with Crippen LogP contribution in [0.5, 0.6) is 0 Å². The minimum atomic E-state index is 0.433. The summed E-state index contributed by atoms with van der Waals surface area (Å²) < 4.78 is 0. The molecular formula is C16H19ClN4. The number of fused-ring (bicyclic) bond motifs is 1. The molecule has 1 heterocycles. The summed E-state index contributed by atoms with van der Waals surface area (Å²) in [7, 11) is 0. The molecule has 0 radical (unpaired) electrons. The highest BCUT2D eigenvalue weighted by atomic mass is 35.5. The van der Waals surface area contributed by atoms with Gasteiger partial charge in [0.25, 0.3) is 0 Å². The molecule has 21 heavy (non-hydrogen) atoms. The van der Waals surface area contributed by atoms with E-state index in [0.717, 1.165) is 30.6 Å². The summed E-state index contributed by atoms with van der Waals surface area (Å²) in [6, 6.07) is 3.64. The third kappa shape index (κ3) is 3.20. The van der Waals surface area contributed by atoms with Crippen LogP contribution in [0.15, 0.2) is 12.1 Å². The van der Waals surface area contributed by atoms with E-state index in [1.165, 1.54) is 0 Å². The molecule has 0 fully saturated rings. The lowest BCUT2D eigenvalue weighted by molar-refractivity contribution is 0.848. The van der Waals surface area contributed by atoms with Gasteiger partial charge in [-0.05, 0) is 26.0 Å². The molecule has 1 aromatic carbocycles. The van der Waals surface area contributed by atoms with Crippen molar-refractivity contribution < 1.29 is 0 Å². The molecule has 0 atom stereocenters. The Labute approximate surface area is 130 Å². The summed E-state index contributed by atoms with van der Waals surface area (Å²) in [5.41, 5.74) is 8.25. The first-order valence-electron chi connectivity index (χ1n) is 7.11. The average Bonchev–Trinajstić information content (AvgIpc) is 2.47. The van der Waals surface area contributed by atoms with Gasteiger partial charge in [0, 0.05) is 25.1 Å². The number of anilines is 2. The van der Waals surface area contributed by atoms with Crippen molar-refractivity contribution >= 4 is 34.3 Å². The lowest BCUT2D eigenvalue weighted by Crippen LogP contribution is -2.24. The minimum Gasteiger partial charge on any atom is -0.381 e. The summed E-state index contributed by atoms with van der Waals surface area (Å²) >= 11 is 6.26. The molecule has 1 aromatic heterocycles. The third-order valence-electron chi connectivity index (χ3n) is 3.22. The van der Waals surface area contributed by atoms with Crippen LogP contribution in [-0.2, 0) is 0 Å². The quantitative estimate of drug-likeness (QED) is 0.882. The monoisotopic (exact) mass is 302 g/mol. The predicted octanol–water partition coefficient (Wildman–Crippen LogP) is 3.47. The number of nitrogens with two attached hydrogens (primary N) is 1. The molecule has 110 valence electrons. The van der Waals surface area contributed by atoms with Crippen molar-refractivity contribution in [3.8, 4) is 11.8 Å². The first-order valence-corrected chi connectivity index (χ1v) is 7.49. The normalized spacial score (nSPS) is 10.3. The fourth-order valence-corrected chi connectivity index (χ4v) is 2.32. The Morgan fingerprint density at radius 2 is 1.81 bits per heavy atom. The highest BCUT2D eigenvalue weighted by molar-refractivity contribution is 6.32. The maximum atomic E-state index is 6.26. The van der Waals surface area contributed by atoms with Gasteiger partial charge in [0.1, 0.15) is 0 Å². The summed E-state index contributed by atoms with van der Waals surface area (Å²) in [6.07, 6.45) is 0.781. The molecule has 2 aromatic rings. The van der Waals surface area contributed by atoms with Crippen molar-refractivity contribution in [2.45, 2.75) is 27.2 Å². The van der Waals surface area contributed by atoms with E-state index in [0.29, 0.717) is 22.2 Å². The van der Waals surface area contributed by atoms with Gasteiger partial charge in [-0.15, -0.1) is 0 Å². The number of rotatable bonds is 3. The summed E-state index contributed by atoms with van der Waals surface area (Å²) in [4.78, 5) is 11.1. The first-order chi connectivity index (χ1) is 10.1. The van der Waals surface area contributed by atoms with Crippen LogP contribution in [0.3, 0.4) is 0 Å². The van der Waals surface area contributed by atoms with E-state index < -0.39 is 0 Å². The second kappa shape index (κ2) is 6.64. The van der Waals surface area contributed by atoms with E-state index in [2.05, 4.69) is 40.6 Å². The van der Waals surface area contributed by atoms with Gasteiger partial charge < -0.3 is 10.6 Å². The van der Waals surface area contributed by atoms with Crippen molar-refractivity contribution in [2.24, 2.45) is 0 Å². The van der Waals surface area contributed by atoms with Gasteiger partial charge in [0.15, 0.2) is 11.6 Å². The number of hydrogen-bond donors (Lipinski definition) is 1. The van der Waals surface area contributed by atoms with E-state index in [9.17, 15) is 0 Å². The van der Waals surface area contributed by atoms with Gasteiger partial charge in [-0.2, -0.15) is 0 Å². The highest BCUT2D eigenvalue weighted by Crippen LogP contribution is 2.26. The fraction of sp³-hybridized carbons (Fsp3) is 0.375. The molecule has 4 nitrogen and oxygen atoms in total. The van der Waals surface area contributed by atoms with E-state index in [1.807, 2.05) is 13.0 Å². The van der Waals surface area contributed by atoms with E-state index in [1.54, 1.807) is 6.07 Å². The summed E-state index contributed by atoms with van der Waals surface area (Å²) in [5, 5.41) is 0.591. The fourth-order valence-electron chi connectivity index (χ4n) is 2.12. The minimum absolute atomic E-state index is 0.433. The molecule has 0 amide bonds. The van der Waals surface area contributed by atoms with Crippen LogP contribution in [0.2, 0.25) is 5.02 Å². The molecule has 0 aliphatic rings. The van der Waals surface area contributed by atoms with Crippen molar-refractivity contribution in [3.63, 3.8) is 0 Å². The Balaban J connectivity index is 2.59. The zero-order chi connectivity index (χ0) is 15.4. The number of halogens is 1. The van der Waals surface area contributed by atoms with Gasteiger partial charge in [0.2, 0.25) is 0 Å². The lowest BCUT2D eigenvalue weighted by Gasteiger charge is -2.21. The molecule has 0 saturated heterocycles. The van der Waals surface area contributed by atoms with Crippen LogP contribution in [-0.4, -0.2) is 23.1 Å². The average molecular weight is 303 g/mol. The summed E-state index contributed by atoms with van der Waals surface area (Å²) in [6.45, 7) is 7.77. The van der Waals surface area contributed by atoms with Crippen molar-refractivity contribution in [1.82, 2.24) is 9.97 Å². The van der Waals surface area contributed by atoms with Gasteiger partial charge >= 0.3 is 0 Å². The van der Waals surface area contributed by atoms with Crippen LogP contribution in [0.25, 0.3) is 11.0 Å². The van der Waals surface area contributed by atoms with Crippen molar-refractivity contribution in [2.75, 3.05) is 23.7 Å². The molecule has 0 aliphatic heterocycles. The number of aromatic nitrogens is 2. The second-order valence-corrected chi connectivity index (χ2v) is 4.99. The third-order valence-corrected chi connectivity index (χ3v) is 3.54. The zero-order valence-corrected chi connectivity index (χ0v) is 13.3. The molecule has 0 bridgehead atoms. The van der Waals surface area contributed by atoms with Crippen LogP contribution in [0.4, 0.5) is 11.6 Å². The standard InChI is InChI=1S/C16H19ClN4/c1-4-7-8-11-9-13-14(10-12(11)17)20-16(15(18)19-13)21(5-2)6-3/h9-10H,4-6H2,1-3H3,(H2,18,19). The van der Waals surface area contributed by atoms with Crippen molar-refractivity contribution in [3.05, 3.63) is 22.7 Å². The Kier molecular flexibility index (Phi) is 4.87. The van der Waals surface area contributed by atoms with Crippen LogP contribution in [0.1, 0.15) is 32.8 Å². The molecule has 2 N–H and O–H groups in total. The van der Waals surface area contributed by atoms with Gasteiger partial charge in [-0.3, -0.25) is 0 Å². The maximum Gasteiger partial charge on any atom is 0.172 e. The molecule has 0 unspecified atom stereocenters. The van der Waals surface area contributed by atoms with Crippen LogP contribution >= 0.6 is 11.6 Å². The van der Waals surface area contributed by atoms with E-state index >= 15 is 0 Å². The number of nitrogen functional groups attached to an aromatic ring is 1. The van der Waals surface area contributed by atoms with Gasteiger partial charge in [-0.25, -0.2) is 9.97 Å². The molecule has 0 spiro atoms. The molecule has 2 rings (SSSR count). The van der Waals surface area contributed by atoms with E-state index in [4.69, 9.17) is 17.3 Å². The lowest BCUT2D eigenvalue weighted by atomic mass is 10.2. The van der Waals surface area contributed by atoms with Gasteiger partial charge in [0.05, 0.1) is 16.1 Å². The second-order valence-electron chi connectivity index (χ2n) is 4.58. The predicted molar refractivity (Wildman–Crippen MR) is 89.7 cm³/mol. The highest BCUT2D eigenvalue weighted by Gasteiger charge is 2.12. The van der Waals surface area contributed by atoms with E-state index in [-0.39, 0.29) is 0 Å². The SMILES string of the molecule is CCC#Cc1cc2nc(N)c(N(CC)CC)nc2cc1Cl. The number of hydrogen-bond acceptors (Lipinski definition) is 4. The largest absolute Gasteiger partial charge is 0.381 e. The zero-order valence-electron chi connectivity index (χ0n) is 12.6. The number of benzene rings is 1. The Bertz CT molecular complexity index is 712. The Morgan fingerprint density at radius 3 is 2.43 bits per heavy atom. The number of nitrogens with zero attached hydrogens (tertiary/aromatic N) is 3. The molecule has 5 heteroatoms. The Hall–Kier alpha value is -1.99. The molecular weight excluding hydrogens is 284 g/mol. The summed E-state index contributed by atoms with van der Waals surface area (Å²) in [5.74, 6) is 7.18. The van der Waals surface area contributed by atoms with Crippen LogP contribution < -0.4 is 10.6 Å².